The topological polar surface area (TPSA) is 139 Å². The second kappa shape index (κ2) is 14.0. The van der Waals surface area contributed by atoms with Crippen molar-refractivity contribution in [1.29, 1.82) is 0 Å². The van der Waals surface area contributed by atoms with Gasteiger partial charge in [-0.25, -0.2) is 9.59 Å². The first-order valence-electron chi connectivity index (χ1n) is 14.2. The van der Waals surface area contributed by atoms with Gasteiger partial charge in [0.2, 0.25) is 11.8 Å². The minimum Gasteiger partial charge on any atom is -0.464 e. The molecule has 0 aliphatic carbocycles. The lowest BCUT2D eigenvalue weighted by atomic mass is 10.00. The van der Waals surface area contributed by atoms with Gasteiger partial charge in [-0.2, -0.15) is 0 Å². The molecule has 3 rings (SSSR count). The summed E-state index contributed by atoms with van der Waals surface area (Å²) in [4.78, 5) is 55.6. The van der Waals surface area contributed by atoms with Crippen molar-refractivity contribution in [3.8, 4) is 0 Å². The average Bonchev–Trinajstić information content (AvgIpc) is 3.32. The molecule has 1 unspecified atom stereocenters. The van der Waals surface area contributed by atoms with Gasteiger partial charge in [0.05, 0.1) is 6.61 Å². The largest absolute Gasteiger partial charge is 0.464 e. The number of alkyl carbamates (subject to hydrolysis) is 1. The van der Waals surface area contributed by atoms with Crippen molar-refractivity contribution in [3.63, 3.8) is 0 Å². The van der Waals surface area contributed by atoms with Gasteiger partial charge in [0.15, 0.2) is 0 Å². The van der Waals surface area contributed by atoms with E-state index in [1.807, 2.05) is 54.6 Å². The molecule has 4 N–H and O–H groups in total. The van der Waals surface area contributed by atoms with E-state index in [1.54, 1.807) is 33.9 Å². The molecule has 0 radical (unpaired) electrons. The lowest BCUT2D eigenvalue weighted by Crippen LogP contribution is -2.60. The highest BCUT2D eigenvalue weighted by atomic mass is 16.6. The second-order valence-corrected chi connectivity index (χ2v) is 11.7. The summed E-state index contributed by atoms with van der Waals surface area (Å²) in [6, 6.07) is 15.3. The number of aromatic nitrogens is 1. The van der Waals surface area contributed by atoms with Crippen molar-refractivity contribution in [1.82, 2.24) is 20.9 Å². The fourth-order valence-corrected chi connectivity index (χ4v) is 4.40. The van der Waals surface area contributed by atoms with Gasteiger partial charge in [-0.3, -0.25) is 9.59 Å². The summed E-state index contributed by atoms with van der Waals surface area (Å²) in [5.74, 6) is -1.69. The molecule has 0 fully saturated rings. The standard InChI is InChI=1S/C32H42N4O6/c1-7-41-28(38)25(18-17-21-13-9-8-10-14-21)34-27(37)26(19-22-20-33-24-16-12-11-15-23(22)24)35-29(39)32(5,6)36-30(40)42-31(2,3)4/h8-16,20,25-26,33H,7,17-19H2,1-6H3,(H,34,37)(H,35,39)(H,36,40)/t25-,26?/m1/s1. The summed E-state index contributed by atoms with van der Waals surface area (Å²) < 4.78 is 10.6. The Hall–Kier alpha value is -4.34. The zero-order chi connectivity index (χ0) is 30.9. The van der Waals surface area contributed by atoms with Crippen LogP contribution in [-0.4, -0.2) is 58.7 Å². The van der Waals surface area contributed by atoms with Crippen LogP contribution < -0.4 is 16.0 Å². The molecule has 1 aromatic heterocycles. The van der Waals surface area contributed by atoms with Crippen LogP contribution in [0.3, 0.4) is 0 Å². The summed E-state index contributed by atoms with van der Waals surface area (Å²) in [7, 11) is 0. The molecule has 1 heterocycles. The van der Waals surface area contributed by atoms with Gasteiger partial charge in [-0.05, 0) is 71.6 Å². The van der Waals surface area contributed by atoms with Gasteiger partial charge in [0.1, 0.15) is 23.2 Å². The van der Waals surface area contributed by atoms with Gasteiger partial charge >= 0.3 is 12.1 Å². The van der Waals surface area contributed by atoms with Crippen molar-refractivity contribution < 1.29 is 28.7 Å². The summed E-state index contributed by atoms with van der Waals surface area (Å²) in [5, 5.41) is 9.08. The molecule has 10 heteroatoms. The molecule has 10 nitrogen and oxygen atoms in total. The van der Waals surface area contributed by atoms with E-state index in [4.69, 9.17) is 9.47 Å². The molecule has 2 aromatic carbocycles. The number of aryl methyl sites for hydroxylation is 1. The highest BCUT2D eigenvalue weighted by Crippen LogP contribution is 2.20. The molecule has 3 aromatic rings. The number of carbonyl (C=O) groups is 4. The van der Waals surface area contributed by atoms with Crippen LogP contribution in [0.15, 0.2) is 60.8 Å². The molecule has 0 spiro atoms. The minimum absolute atomic E-state index is 0.137. The van der Waals surface area contributed by atoms with Gasteiger partial charge in [-0.15, -0.1) is 0 Å². The first-order chi connectivity index (χ1) is 19.8. The number of benzene rings is 2. The fraction of sp³-hybridized carbons (Fsp3) is 0.438. The number of aromatic amines is 1. The summed E-state index contributed by atoms with van der Waals surface area (Å²) >= 11 is 0. The summed E-state index contributed by atoms with van der Waals surface area (Å²) in [5.41, 5.74) is 0.545. The Balaban J connectivity index is 1.83. The summed E-state index contributed by atoms with van der Waals surface area (Å²) in [6.45, 7) is 10.1. The van der Waals surface area contributed by atoms with Crippen molar-refractivity contribution in [2.24, 2.45) is 0 Å². The third-order valence-corrected chi connectivity index (χ3v) is 6.55. The Morgan fingerprint density at radius 3 is 2.21 bits per heavy atom. The predicted octanol–water partition coefficient (Wildman–Crippen LogP) is 4.18. The molecular weight excluding hydrogens is 536 g/mol. The second-order valence-electron chi connectivity index (χ2n) is 11.7. The number of hydrogen-bond acceptors (Lipinski definition) is 6. The predicted molar refractivity (Wildman–Crippen MR) is 161 cm³/mol. The number of esters is 1. The van der Waals surface area contributed by atoms with Crippen molar-refractivity contribution in [3.05, 3.63) is 71.9 Å². The number of nitrogens with one attached hydrogen (secondary N) is 4. The maximum Gasteiger partial charge on any atom is 0.408 e. The van der Waals surface area contributed by atoms with E-state index < -0.39 is 47.1 Å². The molecule has 2 atom stereocenters. The number of ether oxygens (including phenoxy) is 2. The van der Waals surface area contributed by atoms with Crippen molar-refractivity contribution in [2.45, 2.75) is 84.0 Å². The minimum atomic E-state index is -1.41. The van der Waals surface area contributed by atoms with Gasteiger partial charge in [0.25, 0.3) is 0 Å². The third-order valence-electron chi connectivity index (χ3n) is 6.55. The van der Waals surface area contributed by atoms with Crippen LogP contribution in [-0.2, 0) is 36.7 Å². The lowest BCUT2D eigenvalue weighted by Gasteiger charge is -2.30. The number of carbonyl (C=O) groups excluding carboxylic acids is 4. The number of rotatable bonds is 12. The zero-order valence-electron chi connectivity index (χ0n) is 25.2. The van der Waals surface area contributed by atoms with Gasteiger partial charge < -0.3 is 30.4 Å². The highest BCUT2D eigenvalue weighted by molar-refractivity contribution is 5.95. The Morgan fingerprint density at radius 2 is 1.55 bits per heavy atom. The van der Waals surface area contributed by atoms with Crippen LogP contribution in [0.5, 0.6) is 0 Å². The van der Waals surface area contributed by atoms with Crippen LogP contribution in [0, 0.1) is 0 Å². The zero-order valence-corrected chi connectivity index (χ0v) is 25.2. The number of fused-ring (bicyclic) bond motifs is 1. The van der Waals surface area contributed by atoms with E-state index in [1.165, 1.54) is 13.8 Å². The molecule has 42 heavy (non-hydrogen) atoms. The normalized spacial score (nSPS) is 13.1. The number of hydrogen-bond donors (Lipinski definition) is 4. The summed E-state index contributed by atoms with van der Waals surface area (Å²) in [6.07, 6.45) is 2.02. The molecule has 0 aliphatic heterocycles. The molecular formula is C32H42N4O6. The Labute approximate surface area is 246 Å². The van der Waals surface area contributed by atoms with Crippen molar-refractivity contribution in [2.75, 3.05) is 6.61 Å². The SMILES string of the molecule is CCOC(=O)[C@@H](CCc1ccccc1)NC(=O)C(Cc1c[nH]c2ccccc12)NC(=O)C(C)(C)NC(=O)OC(C)(C)C. The average molecular weight is 579 g/mol. The van der Waals surface area contributed by atoms with E-state index in [-0.39, 0.29) is 13.0 Å². The Bertz CT molecular complexity index is 1380. The Morgan fingerprint density at radius 1 is 0.881 bits per heavy atom. The highest BCUT2D eigenvalue weighted by Gasteiger charge is 2.35. The van der Waals surface area contributed by atoms with E-state index >= 15 is 0 Å². The number of H-pyrrole nitrogens is 1. The maximum absolute atomic E-state index is 13.8. The molecule has 3 amide bonds. The van der Waals surface area contributed by atoms with E-state index in [2.05, 4.69) is 20.9 Å². The molecule has 0 saturated heterocycles. The van der Waals surface area contributed by atoms with Crippen molar-refractivity contribution >= 4 is 34.8 Å². The molecule has 0 saturated carbocycles. The molecule has 226 valence electrons. The smallest absolute Gasteiger partial charge is 0.408 e. The van der Waals surface area contributed by atoms with Crippen LogP contribution in [0.4, 0.5) is 4.79 Å². The first-order valence-corrected chi connectivity index (χ1v) is 14.2. The van der Waals surface area contributed by atoms with E-state index in [0.717, 1.165) is 22.0 Å². The first kappa shape index (κ1) is 32.2. The van der Waals surface area contributed by atoms with Crippen LogP contribution >= 0.6 is 0 Å². The quantitative estimate of drug-likeness (QED) is 0.238. The van der Waals surface area contributed by atoms with Gasteiger partial charge in [0, 0.05) is 23.5 Å². The maximum atomic E-state index is 13.8. The van der Waals surface area contributed by atoms with E-state index in [9.17, 15) is 19.2 Å². The molecule has 0 bridgehead atoms. The fourth-order valence-electron chi connectivity index (χ4n) is 4.40. The number of para-hydroxylation sites is 1. The van der Waals surface area contributed by atoms with Crippen LogP contribution in [0.1, 0.15) is 59.1 Å². The van der Waals surface area contributed by atoms with Crippen LogP contribution in [0.25, 0.3) is 10.9 Å². The number of amides is 3. The third kappa shape index (κ3) is 9.36. The van der Waals surface area contributed by atoms with Gasteiger partial charge in [-0.1, -0.05) is 48.5 Å². The lowest BCUT2D eigenvalue weighted by molar-refractivity contribution is -0.147. The Kier molecular flexibility index (Phi) is 10.7. The monoisotopic (exact) mass is 578 g/mol. The molecule has 0 aliphatic rings. The van der Waals surface area contributed by atoms with Crippen LogP contribution in [0.2, 0.25) is 0 Å². The van der Waals surface area contributed by atoms with E-state index in [0.29, 0.717) is 12.8 Å².